The van der Waals surface area contributed by atoms with Gasteiger partial charge in [-0.3, -0.25) is 14.4 Å². The van der Waals surface area contributed by atoms with E-state index in [1.54, 1.807) is 13.8 Å². The van der Waals surface area contributed by atoms with Gasteiger partial charge in [-0.25, -0.2) is 4.79 Å². The lowest BCUT2D eigenvalue weighted by Gasteiger charge is -2.27. The summed E-state index contributed by atoms with van der Waals surface area (Å²) in [7, 11) is 0. The van der Waals surface area contributed by atoms with E-state index in [9.17, 15) is 24.3 Å². The zero-order valence-corrected chi connectivity index (χ0v) is 18.3. The summed E-state index contributed by atoms with van der Waals surface area (Å²) >= 11 is 0. The summed E-state index contributed by atoms with van der Waals surface area (Å²) in [5.41, 5.74) is 8.41. The van der Waals surface area contributed by atoms with Gasteiger partial charge in [-0.15, -0.1) is 0 Å². The standard InChI is InChI=1S/C23H30N4O5/c1-12(2)20(22(30)26-18(23(31)32)9-10-19(24)28)27-21(29)13-7-8-17-15(11-13)14-5-3-4-6-16(14)25-17/h3-6,12-13,18,20,25H,7-11H2,1-2H3,(H2,24,28)(H,26,30)(H,27,29)(H,31,32)/t13-,18-,20-/m0/s1. The average Bonchev–Trinajstić information content (AvgIpc) is 3.11. The maximum Gasteiger partial charge on any atom is 0.326 e. The fourth-order valence-corrected chi connectivity index (χ4v) is 4.20. The van der Waals surface area contributed by atoms with Crippen LogP contribution >= 0.6 is 0 Å². The first kappa shape index (κ1) is 23.3. The van der Waals surface area contributed by atoms with Gasteiger partial charge in [-0.1, -0.05) is 32.0 Å². The van der Waals surface area contributed by atoms with E-state index in [1.807, 2.05) is 24.3 Å². The van der Waals surface area contributed by atoms with Crippen LogP contribution in [0.25, 0.3) is 10.9 Å². The Bertz CT molecular complexity index is 1030. The van der Waals surface area contributed by atoms with E-state index in [-0.39, 0.29) is 30.6 Å². The lowest BCUT2D eigenvalue weighted by molar-refractivity contribution is -0.143. The number of amides is 3. The van der Waals surface area contributed by atoms with Gasteiger partial charge in [0, 0.05) is 28.9 Å². The number of carboxylic acids is 1. The highest BCUT2D eigenvalue weighted by Crippen LogP contribution is 2.31. The van der Waals surface area contributed by atoms with Crippen LogP contribution in [0.15, 0.2) is 24.3 Å². The number of fused-ring (bicyclic) bond motifs is 3. The molecule has 0 unspecified atom stereocenters. The number of aryl methyl sites for hydroxylation is 1. The van der Waals surface area contributed by atoms with E-state index in [0.717, 1.165) is 28.6 Å². The van der Waals surface area contributed by atoms with Crippen molar-refractivity contribution in [3.63, 3.8) is 0 Å². The number of rotatable bonds is 9. The van der Waals surface area contributed by atoms with E-state index >= 15 is 0 Å². The molecule has 32 heavy (non-hydrogen) atoms. The van der Waals surface area contributed by atoms with Crippen LogP contribution < -0.4 is 16.4 Å². The molecule has 1 aliphatic rings. The summed E-state index contributed by atoms with van der Waals surface area (Å²) in [5, 5.41) is 15.7. The summed E-state index contributed by atoms with van der Waals surface area (Å²) < 4.78 is 0. The molecule has 9 nitrogen and oxygen atoms in total. The molecule has 1 aromatic heterocycles. The Morgan fingerprint density at radius 2 is 1.91 bits per heavy atom. The van der Waals surface area contributed by atoms with Crippen LogP contribution in [-0.4, -0.2) is 45.9 Å². The highest BCUT2D eigenvalue weighted by Gasteiger charge is 2.33. The first-order chi connectivity index (χ1) is 15.2. The second kappa shape index (κ2) is 9.84. The van der Waals surface area contributed by atoms with Crippen molar-refractivity contribution in [2.24, 2.45) is 17.6 Å². The minimum Gasteiger partial charge on any atom is -0.480 e. The first-order valence-electron chi connectivity index (χ1n) is 10.9. The molecular weight excluding hydrogens is 412 g/mol. The highest BCUT2D eigenvalue weighted by molar-refractivity contribution is 5.92. The van der Waals surface area contributed by atoms with E-state index in [4.69, 9.17) is 5.73 Å². The van der Waals surface area contributed by atoms with Gasteiger partial charge in [0.1, 0.15) is 12.1 Å². The van der Waals surface area contributed by atoms with Crippen molar-refractivity contribution in [1.82, 2.24) is 15.6 Å². The van der Waals surface area contributed by atoms with Gasteiger partial charge in [0.15, 0.2) is 0 Å². The molecule has 9 heteroatoms. The predicted octanol–water partition coefficient (Wildman–Crippen LogP) is 1.25. The van der Waals surface area contributed by atoms with Crippen LogP contribution in [0.3, 0.4) is 0 Å². The summed E-state index contributed by atoms with van der Waals surface area (Å²) in [6, 6.07) is 5.84. The number of carbonyl (C=O) groups is 4. The molecule has 0 aliphatic heterocycles. The van der Waals surface area contributed by atoms with Crippen LogP contribution in [-0.2, 0) is 32.0 Å². The van der Waals surface area contributed by atoms with Crippen LogP contribution in [0, 0.1) is 11.8 Å². The molecule has 0 spiro atoms. The van der Waals surface area contributed by atoms with E-state index in [1.165, 1.54) is 0 Å². The number of carbonyl (C=O) groups excluding carboxylic acids is 3. The Hall–Kier alpha value is -3.36. The van der Waals surface area contributed by atoms with Gasteiger partial charge >= 0.3 is 5.97 Å². The number of aliphatic carboxylic acids is 1. The van der Waals surface area contributed by atoms with Crippen LogP contribution in [0.5, 0.6) is 0 Å². The van der Waals surface area contributed by atoms with Gasteiger partial charge < -0.3 is 26.5 Å². The quantitative estimate of drug-likeness (QED) is 0.395. The molecular formula is C23H30N4O5. The molecule has 1 aromatic carbocycles. The third kappa shape index (κ3) is 5.27. The maximum absolute atomic E-state index is 13.0. The monoisotopic (exact) mass is 442 g/mol. The number of aromatic nitrogens is 1. The van der Waals surface area contributed by atoms with Crippen molar-refractivity contribution < 1.29 is 24.3 Å². The minimum absolute atomic E-state index is 0.110. The molecule has 0 bridgehead atoms. The zero-order chi connectivity index (χ0) is 23.4. The number of nitrogens with one attached hydrogen (secondary N) is 3. The Balaban J connectivity index is 1.67. The van der Waals surface area contributed by atoms with Crippen molar-refractivity contribution in [2.75, 3.05) is 0 Å². The van der Waals surface area contributed by atoms with Crippen molar-refractivity contribution in [3.05, 3.63) is 35.5 Å². The normalized spacial score (nSPS) is 17.4. The summed E-state index contributed by atoms with van der Waals surface area (Å²) in [5.74, 6) is -3.24. The molecule has 3 rings (SSSR count). The maximum atomic E-state index is 13.0. The Morgan fingerprint density at radius 1 is 1.19 bits per heavy atom. The van der Waals surface area contributed by atoms with Crippen molar-refractivity contribution >= 4 is 34.6 Å². The van der Waals surface area contributed by atoms with Crippen molar-refractivity contribution in [3.8, 4) is 0 Å². The predicted molar refractivity (Wildman–Crippen MR) is 119 cm³/mol. The average molecular weight is 443 g/mol. The smallest absolute Gasteiger partial charge is 0.326 e. The number of carboxylic acid groups (broad SMARTS) is 1. The second-order valence-corrected chi connectivity index (χ2v) is 8.70. The van der Waals surface area contributed by atoms with Gasteiger partial charge in [0.25, 0.3) is 0 Å². The Morgan fingerprint density at radius 3 is 2.56 bits per heavy atom. The van der Waals surface area contributed by atoms with Gasteiger partial charge in [-0.2, -0.15) is 0 Å². The van der Waals surface area contributed by atoms with Crippen molar-refractivity contribution in [1.29, 1.82) is 0 Å². The van der Waals surface area contributed by atoms with E-state index in [2.05, 4.69) is 15.6 Å². The summed E-state index contributed by atoms with van der Waals surface area (Å²) in [4.78, 5) is 51.7. The number of hydrogen-bond donors (Lipinski definition) is 5. The number of para-hydroxylation sites is 1. The fraction of sp³-hybridized carbons (Fsp3) is 0.478. The molecule has 172 valence electrons. The van der Waals surface area contributed by atoms with Gasteiger partial charge in [0.2, 0.25) is 17.7 Å². The third-order valence-corrected chi connectivity index (χ3v) is 6.01. The topological polar surface area (TPSA) is 154 Å². The highest BCUT2D eigenvalue weighted by atomic mass is 16.4. The molecule has 0 saturated heterocycles. The van der Waals surface area contributed by atoms with Crippen LogP contribution in [0.1, 0.15) is 44.4 Å². The molecule has 0 radical (unpaired) electrons. The number of nitrogens with two attached hydrogens (primary N) is 1. The van der Waals surface area contributed by atoms with Gasteiger partial charge in [0.05, 0.1) is 0 Å². The molecule has 1 aliphatic carbocycles. The van der Waals surface area contributed by atoms with Crippen LogP contribution in [0.4, 0.5) is 0 Å². The summed E-state index contributed by atoms with van der Waals surface area (Å²) in [6.07, 6.45) is 1.71. The molecule has 3 amide bonds. The number of primary amides is 1. The van der Waals surface area contributed by atoms with E-state index < -0.39 is 29.9 Å². The molecule has 0 saturated carbocycles. The fourth-order valence-electron chi connectivity index (χ4n) is 4.20. The molecule has 1 heterocycles. The van der Waals surface area contributed by atoms with Crippen LogP contribution in [0.2, 0.25) is 0 Å². The SMILES string of the molecule is CC(C)[C@H](NC(=O)[C@H]1CCc2[nH]c3ccccc3c2C1)C(=O)N[C@@H](CCC(N)=O)C(=O)O. The minimum atomic E-state index is -1.26. The first-order valence-corrected chi connectivity index (χ1v) is 10.9. The Labute approximate surface area is 186 Å². The number of benzene rings is 1. The lowest BCUT2D eigenvalue weighted by Crippen LogP contribution is -2.55. The third-order valence-electron chi connectivity index (χ3n) is 6.01. The number of H-pyrrole nitrogens is 1. The van der Waals surface area contributed by atoms with Gasteiger partial charge in [-0.05, 0) is 43.2 Å². The molecule has 3 atom stereocenters. The molecule has 0 fully saturated rings. The Kier molecular flexibility index (Phi) is 7.17. The zero-order valence-electron chi connectivity index (χ0n) is 18.3. The largest absolute Gasteiger partial charge is 0.480 e. The number of aromatic amines is 1. The second-order valence-electron chi connectivity index (χ2n) is 8.70. The summed E-state index contributed by atoms with van der Waals surface area (Å²) in [6.45, 7) is 3.56. The van der Waals surface area contributed by atoms with E-state index in [0.29, 0.717) is 12.8 Å². The van der Waals surface area contributed by atoms with Crippen molar-refractivity contribution in [2.45, 2.75) is 58.0 Å². The molecule has 2 aromatic rings. The lowest BCUT2D eigenvalue weighted by atomic mass is 9.85. The number of hydrogen-bond acceptors (Lipinski definition) is 4. The molecule has 6 N–H and O–H groups in total.